The third-order valence-corrected chi connectivity index (χ3v) is 4.71. The minimum Gasteiger partial charge on any atom is -0.604 e. The Kier molecular flexibility index (Phi) is 4.32. The molecule has 1 aromatic heterocycles. The fourth-order valence-electron chi connectivity index (χ4n) is 2.40. The molecular weight excluding hydrogens is 332 g/mol. The van der Waals surface area contributed by atoms with E-state index in [0.717, 1.165) is 0 Å². The van der Waals surface area contributed by atoms with E-state index in [-0.39, 0.29) is 32.7 Å². The van der Waals surface area contributed by atoms with Gasteiger partial charge in [-0.05, 0) is 18.2 Å². The number of nitrogens with zero attached hydrogens (tertiary/aromatic N) is 2. The minimum atomic E-state index is -1.82. The van der Waals surface area contributed by atoms with Crippen molar-refractivity contribution < 1.29 is 23.6 Å². The highest BCUT2D eigenvalue weighted by molar-refractivity contribution is 7.91. The van der Waals surface area contributed by atoms with Crippen molar-refractivity contribution >= 4 is 22.7 Å². The first-order chi connectivity index (χ1) is 11.6. The molecule has 0 amide bonds. The van der Waals surface area contributed by atoms with Crippen molar-refractivity contribution in [1.82, 2.24) is 9.97 Å². The molecule has 1 aromatic carbocycles. The van der Waals surface area contributed by atoms with E-state index in [9.17, 15) is 14.1 Å². The molecule has 1 aliphatic rings. The lowest BCUT2D eigenvalue weighted by atomic mass is 9.92. The molecule has 122 valence electrons. The summed E-state index contributed by atoms with van der Waals surface area (Å²) < 4.78 is 22.8. The second kappa shape index (κ2) is 6.42. The summed E-state index contributed by atoms with van der Waals surface area (Å²) in [6, 6.07) is 6.12. The Balaban J connectivity index is 2.19. The van der Waals surface area contributed by atoms with Gasteiger partial charge in [0.15, 0.2) is 4.90 Å². The number of rotatable bonds is 4. The Morgan fingerprint density at radius 2 is 1.58 bits per heavy atom. The predicted octanol–water partition coefficient (Wildman–Crippen LogP) is 1.53. The maximum Gasteiger partial charge on any atom is 0.348 e. The molecule has 0 aliphatic heterocycles. The van der Waals surface area contributed by atoms with Crippen LogP contribution in [-0.4, -0.2) is 40.3 Å². The third-order valence-electron chi connectivity index (χ3n) is 3.43. The number of fused-ring (bicyclic) bond motifs is 1. The molecule has 0 saturated carbocycles. The number of ether oxygens (including phenoxy) is 2. The van der Waals surface area contributed by atoms with Crippen LogP contribution in [0, 0.1) is 0 Å². The third kappa shape index (κ3) is 2.45. The van der Waals surface area contributed by atoms with E-state index in [1.54, 1.807) is 12.1 Å². The number of aromatic nitrogens is 2. The van der Waals surface area contributed by atoms with Gasteiger partial charge in [0.1, 0.15) is 0 Å². The Labute approximate surface area is 140 Å². The van der Waals surface area contributed by atoms with Gasteiger partial charge in [-0.1, -0.05) is 6.07 Å². The summed E-state index contributed by atoms with van der Waals surface area (Å²) in [4.78, 5) is 33.3. The Bertz CT molecular complexity index is 851. The number of benzene rings is 1. The number of carbonyl (C=O) groups is 2. The van der Waals surface area contributed by atoms with E-state index in [4.69, 9.17) is 9.47 Å². The standard InChI is InChI=1S/C16H12N2O5S/c1-22-14-12(19)9-5-3-6-10(11(9)13(20)15(14)23-2)24(21)16-17-7-4-8-18-16/h3-8H,1-2H3. The highest BCUT2D eigenvalue weighted by Gasteiger charge is 2.39. The van der Waals surface area contributed by atoms with E-state index in [1.807, 2.05) is 0 Å². The molecule has 1 aliphatic carbocycles. The molecule has 3 rings (SSSR count). The normalized spacial score (nSPS) is 15.1. The van der Waals surface area contributed by atoms with Crippen molar-refractivity contribution in [2.24, 2.45) is 0 Å². The van der Waals surface area contributed by atoms with E-state index < -0.39 is 22.7 Å². The maximum absolute atomic E-state index is 12.8. The molecule has 0 N–H and O–H groups in total. The molecule has 8 heteroatoms. The summed E-state index contributed by atoms with van der Waals surface area (Å²) in [5, 5.41) is 0.0478. The molecule has 1 unspecified atom stereocenters. The van der Waals surface area contributed by atoms with Gasteiger partial charge < -0.3 is 14.0 Å². The lowest BCUT2D eigenvalue weighted by Gasteiger charge is -2.20. The largest absolute Gasteiger partial charge is 0.604 e. The zero-order valence-corrected chi connectivity index (χ0v) is 13.6. The molecule has 0 fully saturated rings. The van der Waals surface area contributed by atoms with Crippen LogP contribution in [0.15, 0.2) is 58.2 Å². The van der Waals surface area contributed by atoms with Crippen LogP contribution in [0.2, 0.25) is 0 Å². The summed E-state index contributed by atoms with van der Waals surface area (Å²) in [5.41, 5.74) is 0.130. The number of ketones is 2. The number of carbonyl (C=O) groups excluding carboxylic acids is 2. The van der Waals surface area contributed by atoms with Gasteiger partial charge in [0.25, 0.3) is 0 Å². The van der Waals surface area contributed by atoms with Crippen molar-refractivity contribution in [1.29, 1.82) is 0 Å². The average molecular weight is 344 g/mol. The van der Waals surface area contributed by atoms with Gasteiger partial charge in [-0.15, -0.1) is 0 Å². The number of Topliss-reactive ketones (excluding diaryl/α,β-unsaturated/α-hetero) is 2. The predicted molar refractivity (Wildman–Crippen MR) is 82.9 cm³/mol. The van der Waals surface area contributed by atoms with Crippen molar-refractivity contribution in [3.63, 3.8) is 0 Å². The second-order valence-corrected chi connectivity index (χ2v) is 6.05. The first-order valence-electron chi connectivity index (χ1n) is 6.83. The number of methoxy groups -OCH3 is 2. The zero-order chi connectivity index (χ0) is 17.3. The molecule has 0 spiro atoms. The van der Waals surface area contributed by atoms with Crippen LogP contribution in [-0.2, 0) is 20.6 Å². The zero-order valence-electron chi connectivity index (χ0n) is 12.8. The Hall–Kier alpha value is -2.71. The van der Waals surface area contributed by atoms with Crippen LogP contribution in [0.3, 0.4) is 0 Å². The topological polar surface area (TPSA) is 101 Å². The van der Waals surface area contributed by atoms with E-state index in [1.165, 1.54) is 38.7 Å². The van der Waals surface area contributed by atoms with Gasteiger partial charge in [-0.25, -0.2) is 0 Å². The highest BCUT2D eigenvalue weighted by Crippen LogP contribution is 2.33. The molecule has 2 aromatic rings. The van der Waals surface area contributed by atoms with Crippen LogP contribution >= 0.6 is 0 Å². The lowest BCUT2D eigenvalue weighted by molar-refractivity contribution is 0.0826. The fraction of sp³-hybridized carbons (Fsp3) is 0.125. The summed E-state index contributed by atoms with van der Waals surface area (Å²) in [7, 11) is 2.55. The quantitative estimate of drug-likeness (QED) is 0.612. The highest BCUT2D eigenvalue weighted by atomic mass is 32.2. The van der Waals surface area contributed by atoms with Crippen LogP contribution in [0.4, 0.5) is 0 Å². The van der Waals surface area contributed by atoms with Crippen molar-refractivity contribution in [2.75, 3.05) is 14.2 Å². The van der Waals surface area contributed by atoms with Crippen molar-refractivity contribution in [2.45, 2.75) is 10.1 Å². The number of hydrogen-bond donors (Lipinski definition) is 0. The Morgan fingerprint density at radius 3 is 2.21 bits per heavy atom. The van der Waals surface area contributed by atoms with Gasteiger partial charge in [0, 0.05) is 18.0 Å². The van der Waals surface area contributed by atoms with Crippen LogP contribution in [0.1, 0.15) is 20.7 Å². The van der Waals surface area contributed by atoms with Gasteiger partial charge in [0.2, 0.25) is 23.1 Å². The lowest BCUT2D eigenvalue weighted by Crippen LogP contribution is -2.26. The molecule has 0 bridgehead atoms. The molecule has 1 heterocycles. The molecule has 24 heavy (non-hydrogen) atoms. The van der Waals surface area contributed by atoms with Crippen molar-refractivity contribution in [3.05, 3.63) is 59.3 Å². The summed E-state index contributed by atoms with van der Waals surface area (Å²) in [6.45, 7) is 0. The van der Waals surface area contributed by atoms with Gasteiger partial charge in [0.05, 0.1) is 31.0 Å². The second-order valence-electron chi connectivity index (χ2n) is 4.70. The van der Waals surface area contributed by atoms with Gasteiger partial charge >= 0.3 is 5.16 Å². The molecule has 0 radical (unpaired) electrons. The summed E-state index contributed by atoms with van der Waals surface area (Å²) in [6.07, 6.45) is 2.90. The SMILES string of the molecule is COC1=C(OC)C(=O)c2c(cccc2[S+]([O-])c2ncccn2)C1=O. The van der Waals surface area contributed by atoms with Crippen LogP contribution < -0.4 is 0 Å². The molecule has 7 nitrogen and oxygen atoms in total. The van der Waals surface area contributed by atoms with E-state index in [0.29, 0.717) is 0 Å². The van der Waals surface area contributed by atoms with Crippen molar-refractivity contribution in [3.8, 4) is 0 Å². The van der Waals surface area contributed by atoms with Crippen LogP contribution in [0.25, 0.3) is 0 Å². The number of hydrogen-bond acceptors (Lipinski definition) is 7. The van der Waals surface area contributed by atoms with Gasteiger partial charge in [-0.2, -0.15) is 9.97 Å². The minimum absolute atomic E-state index is 0.0194. The summed E-state index contributed by atoms with van der Waals surface area (Å²) >= 11 is -1.82. The first kappa shape index (κ1) is 16.2. The van der Waals surface area contributed by atoms with Crippen LogP contribution in [0.5, 0.6) is 0 Å². The van der Waals surface area contributed by atoms with E-state index >= 15 is 0 Å². The van der Waals surface area contributed by atoms with E-state index in [2.05, 4.69) is 9.97 Å². The monoisotopic (exact) mass is 344 g/mol. The smallest absolute Gasteiger partial charge is 0.348 e. The molecule has 0 saturated heterocycles. The molecule has 1 atom stereocenters. The Morgan fingerprint density at radius 1 is 0.958 bits per heavy atom. The summed E-state index contributed by atoms with van der Waals surface area (Å²) in [5.74, 6) is -1.46. The van der Waals surface area contributed by atoms with Gasteiger partial charge in [-0.3, -0.25) is 9.59 Å². The fourth-order valence-corrected chi connectivity index (χ4v) is 3.50. The maximum atomic E-state index is 12.8. The average Bonchev–Trinajstić information content (AvgIpc) is 2.63. The first-order valence-corrected chi connectivity index (χ1v) is 7.98. The molecular formula is C16H12N2O5S. The number of allylic oxidation sites excluding steroid dienone is 2.